The molecule has 138 valence electrons. The summed E-state index contributed by atoms with van der Waals surface area (Å²) in [4.78, 5) is 17.2. The Morgan fingerprint density at radius 2 is 1.56 bits per heavy atom. The fraction of sp³-hybridized carbons (Fsp3) is 0.632. The van der Waals surface area contributed by atoms with Gasteiger partial charge in [0.2, 0.25) is 0 Å². The van der Waals surface area contributed by atoms with Crippen molar-refractivity contribution in [1.29, 1.82) is 0 Å². The Labute approximate surface area is 146 Å². The van der Waals surface area contributed by atoms with Gasteiger partial charge in [-0.3, -0.25) is 9.69 Å². The molecule has 1 aliphatic heterocycles. The molecule has 1 amide bonds. The Morgan fingerprint density at radius 1 is 1.00 bits per heavy atom. The maximum atomic E-state index is 13.0. The van der Waals surface area contributed by atoms with Crippen molar-refractivity contribution < 1.29 is 18.0 Å². The van der Waals surface area contributed by atoms with E-state index in [4.69, 9.17) is 0 Å². The monoisotopic (exact) mass is 354 g/mol. The van der Waals surface area contributed by atoms with Crippen LogP contribution in [0.5, 0.6) is 0 Å². The quantitative estimate of drug-likeness (QED) is 0.796. The van der Waals surface area contributed by atoms with Crippen LogP contribution in [0.2, 0.25) is 0 Å². The zero-order valence-electron chi connectivity index (χ0n) is 14.6. The number of likely N-dealkylation sites (tertiary alicyclic amines) is 1. The average molecular weight is 354 g/mol. The van der Waals surface area contributed by atoms with Gasteiger partial charge in [-0.2, -0.15) is 13.2 Å². The molecule has 2 aliphatic rings. The largest absolute Gasteiger partial charge is 0.416 e. The molecule has 2 fully saturated rings. The molecule has 3 rings (SSSR count). The third kappa shape index (κ3) is 3.54. The van der Waals surface area contributed by atoms with Crippen molar-refractivity contribution in [3.05, 3.63) is 35.4 Å². The van der Waals surface area contributed by atoms with E-state index in [1.807, 2.05) is 7.05 Å². The molecule has 1 aliphatic carbocycles. The van der Waals surface area contributed by atoms with Crippen molar-refractivity contribution in [2.75, 3.05) is 20.1 Å². The molecule has 1 saturated carbocycles. The van der Waals surface area contributed by atoms with Crippen molar-refractivity contribution in [1.82, 2.24) is 9.80 Å². The number of nitrogens with zero attached hydrogens (tertiary/aromatic N) is 2. The van der Waals surface area contributed by atoms with E-state index in [2.05, 4.69) is 4.90 Å². The highest BCUT2D eigenvalue weighted by molar-refractivity contribution is 5.94. The van der Waals surface area contributed by atoms with E-state index in [1.165, 1.54) is 18.6 Å². The predicted molar refractivity (Wildman–Crippen MR) is 90.2 cm³/mol. The number of carbonyl (C=O) groups is 1. The maximum Gasteiger partial charge on any atom is 0.416 e. The topological polar surface area (TPSA) is 23.6 Å². The van der Waals surface area contributed by atoms with E-state index in [9.17, 15) is 18.0 Å². The second-order valence-corrected chi connectivity index (χ2v) is 7.18. The molecule has 1 saturated heterocycles. The fourth-order valence-electron chi connectivity index (χ4n) is 4.30. The lowest BCUT2D eigenvalue weighted by molar-refractivity contribution is -0.137. The van der Waals surface area contributed by atoms with Crippen LogP contribution in [0.15, 0.2) is 24.3 Å². The zero-order valence-corrected chi connectivity index (χ0v) is 14.6. The van der Waals surface area contributed by atoms with E-state index in [-0.39, 0.29) is 11.6 Å². The summed E-state index contributed by atoms with van der Waals surface area (Å²) in [5.41, 5.74) is -0.688. The van der Waals surface area contributed by atoms with Crippen molar-refractivity contribution in [3.63, 3.8) is 0 Å². The number of hydrogen-bond donors (Lipinski definition) is 0. The molecule has 0 unspecified atom stereocenters. The zero-order chi connectivity index (χ0) is 18.1. The molecular weight excluding hydrogens is 329 g/mol. The number of benzene rings is 1. The van der Waals surface area contributed by atoms with Crippen molar-refractivity contribution in [3.8, 4) is 0 Å². The maximum absolute atomic E-state index is 13.0. The van der Waals surface area contributed by atoms with Crippen LogP contribution in [-0.4, -0.2) is 41.5 Å². The van der Waals surface area contributed by atoms with Gasteiger partial charge in [-0.1, -0.05) is 6.42 Å². The summed E-state index contributed by atoms with van der Waals surface area (Å²) >= 11 is 0. The Kier molecular flexibility index (Phi) is 5.09. The predicted octanol–water partition coefficient (Wildman–Crippen LogP) is 4.53. The van der Waals surface area contributed by atoms with Crippen LogP contribution in [0.3, 0.4) is 0 Å². The number of halogens is 3. The highest BCUT2D eigenvalue weighted by Crippen LogP contribution is 2.39. The van der Waals surface area contributed by atoms with Crippen LogP contribution in [0, 0.1) is 0 Å². The van der Waals surface area contributed by atoms with Gasteiger partial charge in [-0.25, -0.2) is 0 Å². The SMILES string of the molecule is CN(C(=O)c1ccc(C(F)(F)F)cc1)C1(N2CCCC2)CCCCC1. The summed E-state index contributed by atoms with van der Waals surface area (Å²) < 4.78 is 38.2. The first-order valence-electron chi connectivity index (χ1n) is 9.05. The van der Waals surface area contributed by atoms with Crippen molar-refractivity contribution >= 4 is 5.91 Å². The van der Waals surface area contributed by atoms with E-state index in [0.29, 0.717) is 5.56 Å². The molecule has 1 heterocycles. The minimum atomic E-state index is -4.38. The molecule has 1 aromatic carbocycles. The van der Waals surface area contributed by atoms with Gasteiger partial charge in [0, 0.05) is 25.7 Å². The molecule has 1 aromatic rings. The van der Waals surface area contributed by atoms with E-state index in [0.717, 1.165) is 63.7 Å². The molecule has 0 N–H and O–H groups in total. The Morgan fingerprint density at radius 3 is 2.08 bits per heavy atom. The Bertz CT molecular complexity index is 600. The van der Waals surface area contributed by atoms with Gasteiger partial charge in [0.1, 0.15) is 0 Å². The molecule has 6 heteroatoms. The first-order valence-corrected chi connectivity index (χ1v) is 9.05. The molecule has 3 nitrogen and oxygen atoms in total. The minimum Gasteiger partial charge on any atom is -0.323 e. The average Bonchev–Trinajstić information content (AvgIpc) is 3.15. The van der Waals surface area contributed by atoms with Crippen LogP contribution in [-0.2, 0) is 6.18 Å². The second kappa shape index (κ2) is 6.98. The van der Waals surface area contributed by atoms with Crippen molar-refractivity contribution in [2.24, 2.45) is 0 Å². The normalized spacial score (nSPS) is 21.3. The smallest absolute Gasteiger partial charge is 0.323 e. The van der Waals surface area contributed by atoms with Crippen LogP contribution < -0.4 is 0 Å². The van der Waals surface area contributed by atoms with Crippen LogP contribution >= 0.6 is 0 Å². The van der Waals surface area contributed by atoms with Gasteiger partial charge < -0.3 is 4.90 Å². The summed E-state index contributed by atoms with van der Waals surface area (Å²) in [7, 11) is 1.81. The molecule has 0 atom stereocenters. The lowest BCUT2D eigenvalue weighted by Gasteiger charge is -2.50. The summed E-state index contributed by atoms with van der Waals surface area (Å²) in [6.45, 7) is 1.98. The highest BCUT2D eigenvalue weighted by Gasteiger charge is 2.44. The third-order valence-corrected chi connectivity index (χ3v) is 5.74. The number of rotatable bonds is 3. The lowest BCUT2D eigenvalue weighted by Crippen LogP contribution is -2.61. The highest BCUT2D eigenvalue weighted by atomic mass is 19.4. The second-order valence-electron chi connectivity index (χ2n) is 7.18. The van der Waals surface area contributed by atoms with Crippen LogP contribution in [0.25, 0.3) is 0 Å². The number of hydrogen-bond acceptors (Lipinski definition) is 2. The first kappa shape index (κ1) is 18.2. The molecule has 0 radical (unpaired) electrons. The summed E-state index contributed by atoms with van der Waals surface area (Å²) in [5, 5.41) is 0. The molecule has 0 bridgehead atoms. The fourth-order valence-corrected chi connectivity index (χ4v) is 4.30. The van der Waals surface area contributed by atoms with Gasteiger partial charge >= 0.3 is 6.18 Å². The molecule has 25 heavy (non-hydrogen) atoms. The minimum absolute atomic E-state index is 0.192. The van der Waals surface area contributed by atoms with Crippen molar-refractivity contribution in [2.45, 2.75) is 56.8 Å². The molecule has 0 spiro atoms. The third-order valence-electron chi connectivity index (χ3n) is 5.74. The standard InChI is InChI=1S/C19H25F3N2O/c1-23(17(25)15-7-9-16(10-8-15)19(20,21)22)18(11-3-2-4-12-18)24-13-5-6-14-24/h7-10H,2-6,11-14H2,1H3. The Balaban J connectivity index is 1.84. The summed E-state index contributed by atoms with van der Waals surface area (Å²) in [5.74, 6) is -0.192. The van der Waals surface area contributed by atoms with Gasteiger partial charge in [0.05, 0.1) is 11.2 Å². The van der Waals surface area contributed by atoms with Gasteiger partial charge in [0.15, 0.2) is 0 Å². The van der Waals surface area contributed by atoms with E-state index >= 15 is 0 Å². The lowest BCUT2D eigenvalue weighted by atomic mass is 9.86. The van der Waals surface area contributed by atoms with Gasteiger partial charge in [0.25, 0.3) is 5.91 Å². The van der Waals surface area contributed by atoms with Crippen LogP contribution in [0.4, 0.5) is 13.2 Å². The van der Waals surface area contributed by atoms with E-state index in [1.54, 1.807) is 4.90 Å². The van der Waals surface area contributed by atoms with Gasteiger partial charge in [-0.05, 0) is 62.8 Å². The van der Waals surface area contributed by atoms with Crippen LogP contribution in [0.1, 0.15) is 60.9 Å². The summed E-state index contributed by atoms with van der Waals surface area (Å²) in [6.07, 6.45) is 3.13. The number of alkyl halides is 3. The van der Waals surface area contributed by atoms with E-state index < -0.39 is 11.7 Å². The Hall–Kier alpha value is -1.56. The first-order chi connectivity index (χ1) is 11.8. The summed E-state index contributed by atoms with van der Waals surface area (Å²) in [6, 6.07) is 4.57. The molecule has 0 aromatic heterocycles. The van der Waals surface area contributed by atoms with Gasteiger partial charge in [-0.15, -0.1) is 0 Å². The number of carbonyl (C=O) groups excluding carboxylic acids is 1. The number of amides is 1. The molecular formula is C19H25F3N2O.